The van der Waals surface area contributed by atoms with E-state index in [4.69, 9.17) is 32.5 Å². The highest BCUT2D eigenvalue weighted by atomic mass is 28.4. The molecule has 5 rings (SSSR count). The number of carbonyl (C=O) groups excluding carboxylic acids is 6. The fraction of sp³-hybridized carbons (Fsp3) is 0.736. The van der Waals surface area contributed by atoms with Crippen LogP contribution in [0.15, 0.2) is 41.5 Å². The number of alkyl carbamates (subject to hydrolysis) is 1. The van der Waals surface area contributed by atoms with E-state index < -0.39 is 129 Å². The van der Waals surface area contributed by atoms with Crippen molar-refractivity contribution in [3.8, 4) is 0 Å². The number of aliphatic hydroxyl groups is 1. The molecular formula is C53H83NO14Si2. The summed E-state index contributed by atoms with van der Waals surface area (Å²) in [6.07, 6.45) is -7.09. The predicted molar refractivity (Wildman–Crippen MR) is 269 cm³/mol. The number of hydrogen-bond donors (Lipinski definition) is 2. The largest absolute Gasteiger partial charge is 0.456 e. The summed E-state index contributed by atoms with van der Waals surface area (Å²) >= 11 is 0. The van der Waals surface area contributed by atoms with Gasteiger partial charge in [-0.15, -0.1) is 0 Å². The molecule has 0 aromatic heterocycles. The molecule has 10 atom stereocenters. The molecule has 3 aliphatic carbocycles. The first-order chi connectivity index (χ1) is 32.5. The number of Topliss-reactive ketones (excluding diaryl/α,β-unsaturated/α-hetero) is 2. The van der Waals surface area contributed by atoms with Gasteiger partial charge in [-0.3, -0.25) is 14.4 Å². The minimum Gasteiger partial charge on any atom is -0.456 e. The van der Waals surface area contributed by atoms with Gasteiger partial charge in [-0.1, -0.05) is 87.4 Å². The Hall–Kier alpha value is -3.75. The summed E-state index contributed by atoms with van der Waals surface area (Å²) in [5.41, 5.74) is -8.10. The molecular weight excluding hydrogens is 931 g/mol. The van der Waals surface area contributed by atoms with Crippen LogP contribution in [0.4, 0.5) is 4.79 Å². The molecule has 392 valence electrons. The molecule has 1 heterocycles. The van der Waals surface area contributed by atoms with Gasteiger partial charge in [0.2, 0.25) is 11.6 Å². The van der Waals surface area contributed by atoms with E-state index in [0.29, 0.717) is 42.7 Å². The van der Waals surface area contributed by atoms with E-state index in [9.17, 15) is 19.5 Å². The average molecular weight is 1010 g/mol. The Kier molecular flexibility index (Phi) is 17.5. The van der Waals surface area contributed by atoms with Crippen molar-refractivity contribution in [1.29, 1.82) is 0 Å². The number of nitrogens with one attached hydrogen (secondary N) is 1. The summed E-state index contributed by atoms with van der Waals surface area (Å²) in [4.78, 5) is 88.4. The first-order valence-corrected chi connectivity index (χ1v) is 30.8. The third kappa shape index (κ3) is 10.5. The fourth-order valence-electron chi connectivity index (χ4n) is 12.0. The van der Waals surface area contributed by atoms with Crippen molar-refractivity contribution in [2.45, 2.75) is 220 Å². The van der Waals surface area contributed by atoms with E-state index >= 15 is 14.4 Å². The minimum atomic E-state index is -2.66. The molecule has 1 aromatic rings. The highest BCUT2D eigenvalue weighted by Crippen LogP contribution is 2.64. The molecule has 17 heteroatoms. The zero-order valence-electron chi connectivity index (χ0n) is 44.8. The van der Waals surface area contributed by atoms with Crippen molar-refractivity contribution in [3.05, 3.63) is 47.0 Å². The van der Waals surface area contributed by atoms with Gasteiger partial charge >= 0.3 is 24.0 Å². The van der Waals surface area contributed by atoms with Crippen LogP contribution in [0.3, 0.4) is 0 Å². The second kappa shape index (κ2) is 21.4. The molecule has 1 amide bonds. The summed E-state index contributed by atoms with van der Waals surface area (Å²) in [6, 6.07) is 11.4. The Bertz CT molecular complexity index is 2130. The Labute approximate surface area is 418 Å². The highest BCUT2D eigenvalue weighted by molar-refractivity contribution is 6.74. The third-order valence-corrected chi connectivity index (χ3v) is 25.9. The second-order valence-electron chi connectivity index (χ2n) is 22.4. The van der Waals surface area contributed by atoms with Crippen molar-refractivity contribution >= 4 is 52.2 Å². The number of carbonyl (C=O) groups is 6. The number of hydrogen-bond acceptors (Lipinski definition) is 14. The van der Waals surface area contributed by atoms with Crippen LogP contribution in [0, 0.1) is 22.7 Å². The third-order valence-electron chi connectivity index (χ3n) is 16.6. The topological polar surface area (TPSA) is 199 Å². The van der Waals surface area contributed by atoms with Crippen molar-refractivity contribution in [2.75, 3.05) is 6.61 Å². The lowest BCUT2D eigenvalue weighted by Gasteiger charge is -2.67. The smallest absolute Gasteiger partial charge is 0.407 e. The summed E-state index contributed by atoms with van der Waals surface area (Å²) < 4.78 is 45.7. The average Bonchev–Trinajstić information content (AvgIpc) is 3.28. The van der Waals surface area contributed by atoms with E-state index in [1.807, 2.05) is 34.6 Å². The number of amides is 1. The van der Waals surface area contributed by atoms with Gasteiger partial charge in [0.1, 0.15) is 29.5 Å². The molecule has 3 fully saturated rings. The first kappa shape index (κ1) is 57.2. The maximum atomic E-state index is 15.9. The van der Waals surface area contributed by atoms with E-state index in [1.54, 1.807) is 78.8 Å². The van der Waals surface area contributed by atoms with Gasteiger partial charge in [0.25, 0.3) is 0 Å². The predicted octanol–water partition coefficient (Wildman–Crippen LogP) is 9.20. The Morgan fingerprint density at radius 3 is 1.94 bits per heavy atom. The molecule has 1 saturated heterocycles. The van der Waals surface area contributed by atoms with Gasteiger partial charge in [0.15, 0.2) is 28.3 Å². The molecule has 1 aromatic carbocycles. The Balaban J connectivity index is 1.80. The molecule has 1 unspecified atom stereocenters. The van der Waals surface area contributed by atoms with Crippen molar-refractivity contribution in [3.63, 3.8) is 0 Å². The number of rotatable bonds is 19. The van der Waals surface area contributed by atoms with E-state index in [-0.39, 0.29) is 35.7 Å². The number of benzene rings is 1. The number of ketones is 2. The lowest BCUT2D eigenvalue weighted by Crippen LogP contribution is -2.82. The van der Waals surface area contributed by atoms with Gasteiger partial charge in [-0.2, -0.15) is 0 Å². The second-order valence-corrected chi connectivity index (χ2v) is 31.9. The zero-order valence-corrected chi connectivity index (χ0v) is 46.8. The molecule has 4 aliphatic rings. The van der Waals surface area contributed by atoms with Crippen LogP contribution >= 0.6 is 0 Å². The van der Waals surface area contributed by atoms with E-state index in [0.717, 1.165) is 0 Å². The summed E-state index contributed by atoms with van der Waals surface area (Å²) in [5, 5.41) is 17.0. The standard InChI is InChI=1S/C53H83NO14Si2/c1-17-69(18-2,19-3)67-38-29-39-52(31-62-39,65-34(10)55)43-45(64-46(58)35-26-24-23-25-27-35)53(61)30-37(33(9)40(50(53,14)15)41(56)44(57)51(38,43)16)63-47(59)42(68-70(20-4,21-5)22-6)36(28-32(7)8)54-48(60)66-49(11,12)13/h23-27,32,36-39,42-43,45,61H,17-22,28-31H2,1-16H3,(H,54,60)/t36-,37-,38?,39+,42+,43-,45-,51+,52-,53+/m0/s1. The van der Waals surface area contributed by atoms with E-state index in [1.165, 1.54) is 6.92 Å². The number of fused-ring (bicyclic) bond motifs is 5. The maximum absolute atomic E-state index is 15.9. The van der Waals surface area contributed by atoms with E-state index in [2.05, 4.69) is 26.1 Å². The summed E-state index contributed by atoms with van der Waals surface area (Å²) in [5.74, 6) is -5.63. The van der Waals surface area contributed by atoms with Crippen molar-refractivity contribution < 1.29 is 66.4 Å². The lowest BCUT2D eigenvalue weighted by molar-refractivity contribution is -0.342. The Morgan fingerprint density at radius 1 is 0.886 bits per heavy atom. The molecule has 70 heavy (non-hydrogen) atoms. The maximum Gasteiger partial charge on any atom is 0.407 e. The van der Waals surface area contributed by atoms with Crippen LogP contribution < -0.4 is 5.32 Å². The molecule has 0 spiro atoms. The quantitative estimate of drug-likeness (QED) is 0.0575. The summed E-state index contributed by atoms with van der Waals surface area (Å²) in [6.45, 7) is 28.8. The lowest BCUT2D eigenvalue weighted by atomic mass is 9.45. The zero-order chi connectivity index (χ0) is 52.6. The minimum absolute atomic E-state index is 0.0311. The Morgan fingerprint density at radius 2 is 1.46 bits per heavy atom. The van der Waals surface area contributed by atoms with Gasteiger partial charge in [0, 0.05) is 30.8 Å². The normalized spacial score (nSPS) is 29.6. The van der Waals surface area contributed by atoms with Gasteiger partial charge in [-0.25, -0.2) is 14.4 Å². The highest BCUT2D eigenvalue weighted by Gasteiger charge is 2.78. The van der Waals surface area contributed by atoms with Gasteiger partial charge < -0.3 is 43.0 Å². The summed E-state index contributed by atoms with van der Waals surface area (Å²) in [7, 11) is -5.26. The van der Waals surface area contributed by atoms with Crippen LogP contribution in [0.1, 0.15) is 140 Å². The molecule has 15 nitrogen and oxygen atoms in total. The van der Waals surface area contributed by atoms with Gasteiger partial charge in [-0.05, 0) is 101 Å². The van der Waals surface area contributed by atoms with Gasteiger partial charge in [0.05, 0.1) is 35.6 Å². The molecule has 2 saturated carbocycles. The first-order valence-electron chi connectivity index (χ1n) is 25.7. The van der Waals surface area contributed by atoms with Crippen LogP contribution in [0.25, 0.3) is 0 Å². The van der Waals surface area contributed by atoms with Crippen LogP contribution in [-0.4, -0.2) is 117 Å². The van der Waals surface area contributed by atoms with Crippen molar-refractivity contribution in [1.82, 2.24) is 5.32 Å². The fourth-order valence-corrected chi connectivity index (χ4v) is 17.7. The molecule has 1 aliphatic heterocycles. The molecule has 2 N–H and O–H groups in total. The molecule has 2 bridgehead atoms. The van der Waals surface area contributed by atoms with Crippen molar-refractivity contribution in [2.24, 2.45) is 22.7 Å². The SMILES string of the molecule is CC[Si](CC)(CC)OC1C[C@H]2OC[C@@]2(OC(C)=O)[C@H]2[C@H](OC(=O)c3ccccc3)[C@]3(O)C[C@H](OC(=O)[C@H](O[Si](CC)(CC)CC)[C@H](CC(C)C)NC(=O)OC(C)(C)C)C(C)=C(C(=O)C(=O)[C@]12C)C3(C)C. The van der Waals surface area contributed by atoms with Crippen LogP contribution in [0.2, 0.25) is 36.3 Å². The number of ether oxygens (including phenoxy) is 5. The van der Waals surface area contributed by atoms with Crippen LogP contribution in [-0.2, 0) is 51.7 Å². The van der Waals surface area contributed by atoms with Crippen LogP contribution in [0.5, 0.6) is 0 Å². The molecule has 0 radical (unpaired) electrons. The monoisotopic (exact) mass is 1010 g/mol. The number of esters is 3.